The first kappa shape index (κ1) is 17.6. The molecule has 0 aromatic carbocycles. The van der Waals surface area contributed by atoms with Gasteiger partial charge in [0.2, 0.25) is 0 Å². The number of hydrogen-bond donors (Lipinski definition) is 2. The first-order valence-electron chi connectivity index (χ1n) is 8.95. The van der Waals surface area contributed by atoms with Crippen LogP contribution < -0.4 is 10.9 Å². The molecule has 0 spiro atoms. The van der Waals surface area contributed by atoms with Crippen LogP contribution in [0.3, 0.4) is 0 Å². The Morgan fingerprint density at radius 1 is 1.50 bits per heavy atom. The van der Waals surface area contributed by atoms with Gasteiger partial charge in [-0.3, -0.25) is 4.79 Å². The van der Waals surface area contributed by atoms with Crippen molar-refractivity contribution in [1.82, 2.24) is 15.3 Å². The van der Waals surface area contributed by atoms with Crippen molar-refractivity contribution in [2.75, 3.05) is 19.8 Å². The largest absolute Gasteiger partial charge is 0.382 e. The molecule has 1 aliphatic carbocycles. The average Bonchev–Trinajstić information content (AvgIpc) is 2.92. The average molecular weight is 350 g/mol. The van der Waals surface area contributed by atoms with Crippen molar-refractivity contribution in [2.24, 2.45) is 5.92 Å². The number of nitrogens with zero attached hydrogens (tertiary/aromatic N) is 1. The number of aromatic amines is 1. The fourth-order valence-corrected chi connectivity index (χ4v) is 4.69. The van der Waals surface area contributed by atoms with Crippen LogP contribution in [0.15, 0.2) is 4.79 Å². The summed E-state index contributed by atoms with van der Waals surface area (Å²) in [6, 6.07) is 0.0294. The van der Waals surface area contributed by atoms with Crippen molar-refractivity contribution in [3.63, 3.8) is 0 Å². The molecule has 2 atom stereocenters. The van der Waals surface area contributed by atoms with Crippen molar-refractivity contribution in [2.45, 2.75) is 52.5 Å². The SMILES string of the molecule is CCOCCCN[C@H](C)c1nc2sc3c(c2c(=O)[nH]1)CC[C@@H](C)C3. The number of aryl methyl sites for hydroxylation is 1. The minimum Gasteiger partial charge on any atom is -0.382 e. The number of hydrogen-bond acceptors (Lipinski definition) is 5. The number of H-pyrrole nitrogens is 1. The Balaban J connectivity index is 1.77. The van der Waals surface area contributed by atoms with Gasteiger partial charge in [-0.25, -0.2) is 4.98 Å². The molecule has 0 saturated carbocycles. The molecule has 132 valence electrons. The third-order valence-electron chi connectivity index (χ3n) is 4.71. The van der Waals surface area contributed by atoms with E-state index in [2.05, 4.69) is 17.2 Å². The maximum absolute atomic E-state index is 12.6. The maximum atomic E-state index is 12.6. The van der Waals surface area contributed by atoms with Crippen molar-refractivity contribution in [3.8, 4) is 0 Å². The van der Waals surface area contributed by atoms with Gasteiger partial charge in [0.05, 0.1) is 11.4 Å². The monoisotopic (exact) mass is 349 g/mol. The van der Waals surface area contributed by atoms with Crippen LogP contribution in [0, 0.1) is 5.92 Å². The summed E-state index contributed by atoms with van der Waals surface area (Å²) >= 11 is 1.71. The molecule has 0 radical (unpaired) electrons. The second-order valence-electron chi connectivity index (χ2n) is 6.71. The molecule has 24 heavy (non-hydrogen) atoms. The lowest BCUT2D eigenvalue weighted by molar-refractivity contribution is 0.144. The van der Waals surface area contributed by atoms with Crippen molar-refractivity contribution >= 4 is 21.6 Å². The van der Waals surface area contributed by atoms with E-state index in [9.17, 15) is 4.79 Å². The van der Waals surface area contributed by atoms with Crippen LogP contribution in [0.4, 0.5) is 0 Å². The van der Waals surface area contributed by atoms with E-state index in [-0.39, 0.29) is 11.6 Å². The van der Waals surface area contributed by atoms with Crippen LogP contribution in [0.2, 0.25) is 0 Å². The smallest absolute Gasteiger partial charge is 0.259 e. The number of nitrogens with one attached hydrogen (secondary N) is 2. The van der Waals surface area contributed by atoms with E-state index < -0.39 is 0 Å². The zero-order valence-corrected chi connectivity index (χ0v) is 15.6. The lowest BCUT2D eigenvalue weighted by atomic mass is 9.89. The van der Waals surface area contributed by atoms with Gasteiger partial charge in [-0.05, 0) is 57.6 Å². The van der Waals surface area contributed by atoms with Crippen molar-refractivity contribution in [1.29, 1.82) is 0 Å². The summed E-state index contributed by atoms with van der Waals surface area (Å²) in [5, 5.41) is 4.24. The topological polar surface area (TPSA) is 67.0 Å². The molecule has 0 unspecified atom stereocenters. The number of aromatic nitrogens is 2. The Hall–Kier alpha value is -1.24. The van der Waals surface area contributed by atoms with E-state index in [0.717, 1.165) is 61.5 Å². The molecule has 2 aromatic heterocycles. The van der Waals surface area contributed by atoms with Crippen LogP contribution >= 0.6 is 11.3 Å². The molecule has 0 amide bonds. The van der Waals surface area contributed by atoms with E-state index >= 15 is 0 Å². The zero-order valence-electron chi connectivity index (χ0n) is 14.8. The van der Waals surface area contributed by atoms with Crippen LogP contribution in [0.5, 0.6) is 0 Å². The number of thiophene rings is 1. The van der Waals surface area contributed by atoms with E-state index in [1.54, 1.807) is 11.3 Å². The highest BCUT2D eigenvalue weighted by atomic mass is 32.1. The molecule has 2 N–H and O–H groups in total. The fraction of sp³-hybridized carbons (Fsp3) is 0.667. The Labute approximate surface area is 146 Å². The minimum atomic E-state index is 0.0185. The summed E-state index contributed by atoms with van der Waals surface area (Å²) in [4.78, 5) is 22.6. The normalized spacial score (nSPS) is 18.7. The number of ether oxygens (including phenoxy) is 1. The molecule has 0 bridgehead atoms. The molecule has 1 aliphatic rings. The summed E-state index contributed by atoms with van der Waals surface area (Å²) < 4.78 is 5.34. The highest BCUT2D eigenvalue weighted by Gasteiger charge is 2.23. The quantitative estimate of drug-likeness (QED) is 0.754. The van der Waals surface area contributed by atoms with Crippen LogP contribution in [-0.4, -0.2) is 29.7 Å². The Morgan fingerprint density at radius 3 is 3.12 bits per heavy atom. The summed E-state index contributed by atoms with van der Waals surface area (Å²) in [5.74, 6) is 1.44. The molecule has 0 saturated heterocycles. The van der Waals surface area contributed by atoms with Crippen LogP contribution in [-0.2, 0) is 17.6 Å². The van der Waals surface area contributed by atoms with E-state index in [1.807, 2.05) is 13.8 Å². The molecule has 0 aliphatic heterocycles. The summed E-state index contributed by atoms with van der Waals surface area (Å²) in [6.45, 7) is 8.69. The van der Waals surface area contributed by atoms with Crippen LogP contribution in [0.1, 0.15) is 55.9 Å². The van der Waals surface area contributed by atoms with Crippen molar-refractivity contribution < 1.29 is 4.74 Å². The van der Waals surface area contributed by atoms with Gasteiger partial charge < -0.3 is 15.0 Å². The fourth-order valence-electron chi connectivity index (χ4n) is 3.30. The lowest BCUT2D eigenvalue weighted by Gasteiger charge is -2.17. The van der Waals surface area contributed by atoms with Gasteiger partial charge in [0, 0.05) is 18.1 Å². The molecular formula is C18H27N3O2S. The second kappa shape index (κ2) is 7.76. The predicted octanol–water partition coefficient (Wildman–Crippen LogP) is 3.19. The van der Waals surface area contributed by atoms with Gasteiger partial charge in [0.25, 0.3) is 5.56 Å². The zero-order chi connectivity index (χ0) is 17.1. The van der Waals surface area contributed by atoms with Gasteiger partial charge in [0.1, 0.15) is 10.7 Å². The highest BCUT2D eigenvalue weighted by molar-refractivity contribution is 7.18. The van der Waals surface area contributed by atoms with Gasteiger partial charge >= 0.3 is 0 Å². The number of fused-ring (bicyclic) bond motifs is 3. The van der Waals surface area contributed by atoms with Gasteiger partial charge in [0.15, 0.2) is 0 Å². The van der Waals surface area contributed by atoms with E-state index in [0.29, 0.717) is 5.92 Å². The summed E-state index contributed by atoms with van der Waals surface area (Å²) in [6.07, 6.45) is 4.20. The Kier molecular flexibility index (Phi) is 5.69. The molecule has 3 rings (SSSR count). The molecule has 6 heteroatoms. The molecule has 5 nitrogen and oxygen atoms in total. The first-order valence-corrected chi connectivity index (χ1v) is 9.77. The molecule has 2 heterocycles. The minimum absolute atomic E-state index is 0.0185. The van der Waals surface area contributed by atoms with E-state index in [4.69, 9.17) is 9.72 Å². The number of rotatable bonds is 7. The van der Waals surface area contributed by atoms with E-state index in [1.165, 1.54) is 10.4 Å². The summed E-state index contributed by atoms with van der Waals surface area (Å²) in [5.41, 5.74) is 1.26. The van der Waals surface area contributed by atoms with Gasteiger partial charge in [-0.15, -0.1) is 11.3 Å². The standard InChI is InChI=1S/C18H27N3O2S/c1-4-23-9-5-8-19-12(3)16-20-17(22)15-13-7-6-11(2)10-14(13)24-18(15)21-16/h11-12,19H,4-10H2,1-3H3,(H,20,21,22)/t11-,12-/m1/s1. The van der Waals surface area contributed by atoms with Gasteiger partial charge in [-0.2, -0.15) is 0 Å². The van der Waals surface area contributed by atoms with Crippen LogP contribution in [0.25, 0.3) is 10.2 Å². The van der Waals surface area contributed by atoms with Gasteiger partial charge in [-0.1, -0.05) is 6.92 Å². The first-order chi connectivity index (χ1) is 11.6. The maximum Gasteiger partial charge on any atom is 0.259 e. The third-order valence-corrected chi connectivity index (χ3v) is 5.86. The molecule has 2 aromatic rings. The molecular weight excluding hydrogens is 322 g/mol. The Bertz CT molecular complexity index is 753. The highest BCUT2D eigenvalue weighted by Crippen LogP contribution is 2.35. The second-order valence-corrected chi connectivity index (χ2v) is 7.79. The molecule has 0 fully saturated rings. The predicted molar refractivity (Wildman–Crippen MR) is 99.0 cm³/mol. The third kappa shape index (κ3) is 3.71. The van der Waals surface area contributed by atoms with Crippen molar-refractivity contribution in [3.05, 3.63) is 26.6 Å². The summed E-state index contributed by atoms with van der Waals surface area (Å²) in [7, 11) is 0. The lowest BCUT2D eigenvalue weighted by Crippen LogP contribution is -2.25. The Morgan fingerprint density at radius 2 is 2.33 bits per heavy atom.